The van der Waals surface area contributed by atoms with Gasteiger partial charge < -0.3 is 10.2 Å². The zero-order valence-corrected chi connectivity index (χ0v) is 10.9. The summed E-state index contributed by atoms with van der Waals surface area (Å²) in [5.74, 6) is 0. The molecular weight excluding hydrogens is 206 g/mol. The molecule has 0 radical (unpaired) electrons. The van der Waals surface area contributed by atoms with Gasteiger partial charge in [-0.25, -0.2) is 4.98 Å². The number of hydrogen-bond donors (Lipinski definition) is 1. The molecule has 0 saturated carbocycles. The van der Waals surface area contributed by atoms with Crippen molar-refractivity contribution < 1.29 is 0 Å². The lowest BCUT2D eigenvalue weighted by atomic mass is 10.2. The second-order valence-electron chi connectivity index (χ2n) is 4.26. The molecule has 3 nitrogen and oxygen atoms in total. The van der Waals surface area contributed by atoms with Crippen molar-refractivity contribution in [3.05, 3.63) is 16.1 Å². The Kier molecular flexibility index (Phi) is 5.22. The standard InChI is InChI=1S/C11H21N3S/c1-9(5-6-14(3)4)12-7-11-13-10(2)8-15-11/h8-9,12H,5-7H2,1-4H3. The Morgan fingerprint density at radius 1 is 1.53 bits per heavy atom. The monoisotopic (exact) mass is 227 g/mol. The number of thiazole rings is 1. The van der Waals surface area contributed by atoms with E-state index in [2.05, 4.69) is 41.6 Å². The SMILES string of the molecule is Cc1csc(CNC(C)CCN(C)C)n1. The molecule has 1 aromatic heterocycles. The Labute approximate surface area is 96.5 Å². The first kappa shape index (κ1) is 12.6. The Bertz CT molecular complexity index is 283. The third kappa shape index (κ3) is 5.25. The van der Waals surface area contributed by atoms with E-state index < -0.39 is 0 Å². The maximum absolute atomic E-state index is 4.42. The molecule has 86 valence electrons. The molecule has 0 spiro atoms. The highest BCUT2D eigenvalue weighted by Gasteiger charge is 2.04. The van der Waals surface area contributed by atoms with Crippen molar-refractivity contribution in [3.63, 3.8) is 0 Å². The molecule has 0 fully saturated rings. The van der Waals surface area contributed by atoms with Gasteiger partial charge in [-0.1, -0.05) is 0 Å². The molecule has 0 saturated heterocycles. The van der Waals surface area contributed by atoms with Crippen LogP contribution in [0.4, 0.5) is 0 Å². The molecule has 1 unspecified atom stereocenters. The van der Waals surface area contributed by atoms with Gasteiger partial charge in [0.1, 0.15) is 5.01 Å². The average molecular weight is 227 g/mol. The molecular formula is C11H21N3S. The number of aromatic nitrogens is 1. The van der Waals surface area contributed by atoms with Crippen LogP contribution >= 0.6 is 11.3 Å². The molecule has 1 N–H and O–H groups in total. The minimum Gasteiger partial charge on any atom is -0.309 e. The molecule has 0 aliphatic carbocycles. The van der Waals surface area contributed by atoms with E-state index in [1.165, 1.54) is 11.4 Å². The molecule has 0 amide bonds. The molecule has 1 aromatic rings. The third-order valence-corrected chi connectivity index (χ3v) is 3.24. The lowest BCUT2D eigenvalue weighted by molar-refractivity contribution is 0.365. The van der Waals surface area contributed by atoms with Crippen LogP contribution in [0.2, 0.25) is 0 Å². The number of aryl methyl sites for hydroxylation is 1. The topological polar surface area (TPSA) is 28.2 Å². The van der Waals surface area contributed by atoms with Crippen molar-refractivity contribution in [3.8, 4) is 0 Å². The summed E-state index contributed by atoms with van der Waals surface area (Å²) >= 11 is 1.73. The van der Waals surface area contributed by atoms with Gasteiger partial charge in [0.15, 0.2) is 0 Å². The second kappa shape index (κ2) is 6.20. The lowest BCUT2D eigenvalue weighted by Gasteiger charge is -2.15. The van der Waals surface area contributed by atoms with Crippen molar-refractivity contribution >= 4 is 11.3 Å². The van der Waals surface area contributed by atoms with Crippen LogP contribution in [0.15, 0.2) is 5.38 Å². The molecule has 1 rings (SSSR count). The summed E-state index contributed by atoms with van der Waals surface area (Å²) < 4.78 is 0. The summed E-state index contributed by atoms with van der Waals surface area (Å²) in [6, 6.07) is 0.552. The van der Waals surface area contributed by atoms with Crippen LogP contribution in [0.25, 0.3) is 0 Å². The summed E-state index contributed by atoms with van der Waals surface area (Å²) in [5, 5.41) is 6.77. The van der Waals surface area contributed by atoms with Crippen LogP contribution in [0, 0.1) is 6.92 Å². The summed E-state index contributed by atoms with van der Waals surface area (Å²) in [4.78, 5) is 6.64. The Hall–Kier alpha value is -0.450. The van der Waals surface area contributed by atoms with Crippen molar-refractivity contribution in [2.45, 2.75) is 32.9 Å². The van der Waals surface area contributed by atoms with E-state index >= 15 is 0 Å². The molecule has 15 heavy (non-hydrogen) atoms. The maximum atomic E-state index is 4.42. The quantitative estimate of drug-likeness (QED) is 0.804. The van der Waals surface area contributed by atoms with Gasteiger partial charge in [-0.2, -0.15) is 0 Å². The fraction of sp³-hybridized carbons (Fsp3) is 0.727. The van der Waals surface area contributed by atoms with Crippen LogP contribution in [0.1, 0.15) is 24.0 Å². The van der Waals surface area contributed by atoms with E-state index in [0.717, 1.165) is 18.8 Å². The normalized spacial score (nSPS) is 13.4. The van der Waals surface area contributed by atoms with Crippen molar-refractivity contribution in [2.75, 3.05) is 20.6 Å². The molecule has 0 aromatic carbocycles. The minimum atomic E-state index is 0.552. The van der Waals surface area contributed by atoms with Gasteiger partial charge in [0.25, 0.3) is 0 Å². The predicted octanol–water partition coefficient (Wildman–Crippen LogP) is 1.88. The number of rotatable bonds is 6. The number of hydrogen-bond acceptors (Lipinski definition) is 4. The zero-order valence-electron chi connectivity index (χ0n) is 10.1. The number of nitrogens with zero attached hydrogens (tertiary/aromatic N) is 2. The highest BCUT2D eigenvalue weighted by molar-refractivity contribution is 7.09. The first-order valence-corrected chi connectivity index (χ1v) is 6.25. The predicted molar refractivity (Wildman–Crippen MR) is 66.3 cm³/mol. The third-order valence-electron chi connectivity index (χ3n) is 2.28. The highest BCUT2D eigenvalue weighted by atomic mass is 32.1. The van der Waals surface area contributed by atoms with Crippen LogP contribution < -0.4 is 5.32 Å². The zero-order chi connectivity index (χ0) is 11.3. The molecule has 4 heteroatoms. The molecule has 1 heterocycles. The molecule has 0 bridgehead atoms. The van der Waals surface area contributed by atoms with Gasteiger partial charge in [-0.3, -0.25) is 0 Å². The van der Waals surface area contributed by atoms with E-state index in [4.69, 9.17) is 0 Å². The minimum absolute atomic E-state index is 0.552. The summed E-state index contributed by atoms with van der Waals surface area (Å²) in [5.41, 5.74) is 1.12. The van der Waals surface area contributed by atoms with E-state index in [0.29, 0.717) is 6.04 Å². The Balaban J connectivity index is 2.19. The van der Waals surface area contributed by atoms with E-state index in [-0.39, 0.29) is 0 Å². The van der Waals surface area contributed by atoms with Crippen molar-refractivity contribution in [1.82, 2.24) is 15.2 Å². The van der Waals surface area contributed by atoms with Gasteiger partial charge in [0.2, 0.25) is 0 Å². The van der Waals surface area contributed by atoms with E-state index in [1.807, 2.05) is 6.92 Å². The highest BCUT2D eigenvalue weighted by Crippen LogP contribution is 2.08. The average Bonchev–Trinajstić information content (AvgIpc) is 2.58. The van der Waals surface area contributed by atoms with E-state index in [1.54, 1.807) is 11.3 Å². The first-order chi connectivity index (χ1) is 7.08. The first-order valence-electron chi connectivity index (χ1n) is 5.37. The van der Waals surface area contributed by atoms with Gasteiger partial charge in [-0.15, -0.1) is 11.3 Å². The molecule has 1 atom stereocenters. The Morgan fingerprint density at radius 3 is 2.80 bits per heavy atom. The summed E-state index contributed by atoms with van der Waals surface area (Å²) in [7, 11) is 4.22. The van der Waals surface area contributed by atoms with Crippen LogP contribution in [0.3, 0.4) is 0 Å². The largest absolute Gasteiger partial charge is 0.309 e. The second-order valence-corrected chi connectivity index (χ2v) is 5.20. The smallest absolute Gasteiger partial charge is 0.107 e. The van der Waals surface area contributed by atoms with Crippen LogP contribution in [0.5, 0.6) is 0 Å². The van der Waals surface area contributed by atoms with Gasteiger partial charge in [-0.05, 0) is 40.9 Å². The fourth-order valence-electron chi connectivity index (χ4n) is 1.30. The lowest BCUT2D eigenvalue weighted by Crippen LogP contribution is -2.29. The summed E-state index contributed by atoms with van der Waals surface area (Å²) in [6.45, 7) is 6.29. The number of nitrogens with one attached hydrogen (secondary N) is 1. The van der Waals surface area contributed by atoms with Crippen LogP contribution in [-0.2, 0) is 6.54 Å². The van der Waals surface area contributed by atoms with E-state index in [9.17, 15) is 0 Å². The molecule has 0 aliphatic heterocycles. The van der Waals surface area contributed by atoms with Crippen molar-refractivity contribution in [1.29, 1.82) is 0 Å². The fourth-order valence-corrected chi connectivity index (χ4v) is 2.02. The molecule has 0 aliphatic rings. The van der Waals surface area contributed by atoms with Crippen LogP contribution in [-0.4, -0.2) is 36.6 Å². The van der Waals surface area contributed by atoms with Crippen molar-refractivity contribution in [2.24, 2.45) is 0 Å². The van der Waals surface area contributed by atoms with Gasteiger partial charge >= 0.3 is 0 Å². The van der Waals surface area contributed by atoms with Gasteiger partial charge in [0.05, 0.1) is 0 Å². The Morgan fingerprint density at radius 2 is 2.27 bits per heavy atom. The summed E-state index contributed by atoms with van der Waals surface area (Å²) in [6.07, 6.45) is 1.18. The maximum Gasteiger partial charge on any atom is 0.107 e. The van der Waals surface area contributed by atoms with Gasteiger partial charge in [0, 0.05) is 23.7 Å².